The molecule has 27 heavy (non-hydrogen) atoms. The largest absolute Gasteiger partial charge is 0.376 e. The monoisotopic (exact) mass is 389 g/mol. The first-order valence-corrected chi connectivity index (χ1v) is 10.5. The number of carbonyl (C=O) groups excluding carboxylic acids is 1. The van der Waals surface area contributed by atoms with E-state index in [-0.39, 0.29) is 5.91 Å². The van der Waals surface area contributed by atoms with Crippen molar-refractivity contribution in [1.29, 1.82) is 0 Å². The molecule has 0 radical (unpaired) electrons. The van der Waals surface area contributed by atoms with Crippen LogP contribution in [0.25, 0.3) is 0 Å². The van der Waals surface area contributed by atoms with Gasteiger partial charge in [0.15, 0.2) is 0 Å². The van der Waals surface area contributed by atoms with E-state index in [1.54, 1.807) is 18.3 Å². The van der Waals surface area contributed by atoms with E-state index < -0.39 is 0 Å². The van der Waals surface area contributed by atoms with Gasteiger partial charge in [0.2, 0.25) is 0 Å². The van der Waals surface area contributed by atoms with Crippen molar-refractivity contribution in [2.45, 2.75) is 56.4 Å². The van der Waals surface area contributed by atoms with Crippen LogP contribution in [0.5, 0.6) is 0 Å². The highest BCUT2D eigenvalue weighted by molar-refractivity contribution is 7.98. The van der Waals surface area contributed by atoms with Crippen LogP contribution >= 0.6 is 11.8 Å². The summed E-state index contributed by atoms with van der Waals surface area (Å²) in [7, 11) is 0. The molecule has 2 atom stereocenters. The summed E-state index contributed by atoms with van der Waals surface area (Å²) in [4.78, 5) is 16.9. The van der Waals surface area contributed by atoms with Crippen molar-refractivity contribution < 1.29 is 14.1 Å². The van der Waals surface area contributed by atoms with Crippen LogP contribution in [0.3, 0.4) is 0 Å². The average molecular weight is 390 g/mol. The maximum absolute atomic E-state index is 12.5. The Morgan fingerprint density at radius 3 is 3.04 bits per heavy atom. The number of carbonyl (C=O) groups is 1. The van der Waals surface area contributed by atoms with E-state index in [0.29, 0.717) is 41.5 Å². The first-order valence-electron chi connectivity index (χ1n) is 9.53. The summed E-state index contributed by atoms with van der Waals surface area (Å²) >= 11 is 1.48. The third kappa shape index (κ3) is 5.81. The minimum Gasteiger partial charge on any atom is -0.376 e. The summed E-state index contributed by atoms with van der Waals surface area (Å²) in [5, 5.41) is 7.61. The molecule has 1 amide bonds. The molecular formula is C20H27N3O3S. The number of amides is 1. The number of pyridine rings is 1. The van der Waals surface area contributed by atoms with Crippen LogP contribution in [0.4, 0.5) is 0 Å². The number of hydrogen-bond acceptors (Lipinski definition) is 6. The van der Waals surface area contributed by atoms with Crippen molar-refractivity contribution in [2.24, 2.45) is 5.92 Å². The number of aromatic nitrogens is 2. The number of nitrogens with zero attached hydrogens (tertiary/aromatic N) is 2. The van der Waals surface area contributed by atoms with Crippen molar-refractivity contribution in [3.05, 3.63) is 41.4 Å². The van der Waals surface area contributed by atoms with E-state index in [2.05, 4.69) is 22.4 Å². The average Bonchev–Trinajstić information content (AvgIpc) is 3.10. The second kappa shape index (κ2) is 9.90. The lowest BCUT2D eigenvalue weighted by molar-refractivity contribution is -0.00294. The number of rotatable bonds is 8. The second-order valence-electron chi connectivity index (χ2n) is 7.00. The number of ether oxygens (including phenoxy) is 1. The molecule has 1 aliphatic carbocycles. The Balaban J connectivity index is 1.47. The highest BCUT2D eigenvalue weighted by atomic mass is 32.2. The van der Waals surface area contributed by atoms with Crippen molar-refractivity contribution >= 4 is 17.7 Å². The molecule has 6 nitrogen and oxygen atoms in total. The van der Waals surface area contributed by atoms with E-state index in [0.717, 1.165) is 17.9 Å². The maximum Gasteiger partial charge on any atom is 0.254 e. The van der Waals surface area contributed by atoms with Crippen LogP contribution in [0, 0.1) is 12.8 Å². The molecule has 3 rings (SSSR count). The zero-order valence-electron chi connectivity index (χ0n) is 15.9. The molecule has 0 aromatic carbocycles. The van der Waals surface area contributed by atoms with Crippen molar-refractivity contribution in [2.75, 3.05) is 13.2 Å². The fourth-order valence-electron chi connectivity index (χ4n) is 3.31. The van der Waals surface area contributed by atoms with Crippen LogP contribution in [0.1, 0.15) is 54.4 Å². The number of hydrogen-bond donors (Lipinski definition) is 1. The SMILES string of the molecule is Cc1cc(CSc2ncccc2C(=O)NCCOC2CCCCC2C)no1. The molecule has 2 aromatic heterocycles. The third-order valence-electron chi connectivity index (χ3n) is 4.80. The van der Waals surface area contributed by atoms with Gasteiger partial charge in [0, 0.05) is 24.6 Å². The molecule has 1 saturated carbocycles. The molecule has 7 heteroatoms. The molecule has 1 N–H and O–H groups in total. The summed E-state index contributed by atoms with van der Waals surface area (Å²) in [6.07, 6.45) is 6.92. The number of nitrogens with one attached hydrogen (secondary N) is 1. The molecule has 2 aromatic rings. The van der Waals surface area contributed by atoms with E-state index in [1.165, 1.54) is 31.0 Å². The van der Waals surface area contributed by atoms with Gasteiger partial charge in [-0.05, 0) is 37.8 Å². The highest BCUT2D eigenvalue weighted by Crippen LogP contribution is 2.26. The summed E-state index contributed by atoms with van der Waals surface area (Å²) in [6.45, 7) is 5.15. The van der Waals surface area contributed by atoms with Crippen molar-refractivity contribution in [3.8, 4) is 0 Å². The third-order valence-corrected chi connectivity index (χ3v) is 5.84. The molecule has 146 valence electrons. The molecule has 0 aliphatic heterocycles. The van der Waals surface area contributed by atoms with E-state index in [4.69, 9.17) is 9.26 Å². The molecule has 0 saturated heterocycles. The quantitative estimate of drug-likeness (QED) is 0.543. The summed E-state index contributed by atoms with van der Waals surface area (Å²) in [5.41, 5.74) is 1.42. The zero-order valence-corrected chi connectivity index (χ0v) is 16.8. The summed E-state index contributed by atoms with van der Waals surface area (Å²) in [5.74, 6) is 1.87. The Morgan fingerprint density at radius 1 is 1.41 bits per heavy atom. The van der Waals surface area contributed by atoms with Gasteiger partial charge < -0.3 is 14.6 Å². The van der Waals surface area contributed by atoms with Gasteiger partial charge in [0.25, 0.3) is 5.91 Å². The van der Waals surface area contributed by atoms with Gasteiger partial charge in [-0.25, -0.2) is 4.98 Å². The Morgan fingerprint density at radius 2 is 2.26 bits per heavy atom. The number of thioether (sulfide) groups is 1. The van der Waals surface area contributed by atoms with Crippen LogP contribution in [0.2, 0.25) is 0 Å². The fourth-order valence-corrected chi connectivity index (χ4v) is 4.18. The van der Waals surface area contributed by atoms with Crippen molar-refractivity contribution in [1.82, 2.24) is 15.5 Å². The first-order chi connectivity index (χ1) is 13.1. The molecule has 2 heterocycles. The Kier molecular flexibility index (Phi) is 7.29. The fraction of sp³-hybridized carbons (Fsp3) is 0.550. The van der Waals surface area contributed by atoms with E-state index >= 15 is 0 Å². The van der Waals surface area contributed by atoms with Crippen LogP contribution < -0.4 is 5.32 Å². The highest BCUT2D eigenvalue weighted by Gasteiger charge is 2.21. The first kappa shape index (κ1) is 19.9. The Hall–Kier alpha value is -1.86. The Bertz CT molecular complexity index is 750. The Labute approximate surface area is 164 Å². The lowest BCUT2D eigenvalue weighted by Gasteiger charge is -2.28. The van der Waals surface area contributed by atoms with Gasteiger partial charge >= 0.3 is 0 Å². The zero-order chi connectivity index (χ0) is 19.1. The van der Waals surface area contributed by atoms with E-state index in [1.807, 2.05) is 13.0 Å². The predicted octanol–water partition coefficient (Wildman–Crippen LogP) is 4.00. The van der Waals surface area contributed by atoms with Gasteiger partial charge in [-0.1, -0.05) is 36.7 Å². The minimum atomic E-state index is -0.123. The standard InChI is InChI=1S/C20H27N3O3S/c1-14-6-3-4-8-18(14)25-11-10-21-19(24)17-7-5-9-22-20(17)27-13-16-12-15(2)26-23-16/h5,7,9,12,14,18H,3-4,6,8,10-11,13H2,1-2H3,(H,21,24). The summed E-state index contributed by atoms with van der Waals surface area (Å²) < 4.78 is 11.0. The smallest absolute Gasteiger partial charge is 0.254 e. The van der Waals surface area contributed by atoms with Gasteiger partial charge in [-0.3, -0.25) is 4.79 Å². The molecule has 1 fully saturated rings. The lowest BCUT2D eigenvalue weighted by atomic mass is 9.88. The van der Waals surface area contributed by atoms with Gasteiger partial charge in [-0.15, -0.1) is 0 Å². The number of aryl methyl sites for hydroxylation is 1. The van der Waals surface area contributed by atoms with Crippen LogP contribution in [0.15, 0.2) is 33.9 Å². The predicted molar refractivity (Wildman–Crippen MR) is 105 cm³/mol. The van der Waals surface area contributed by atoms with Crippen LogP contribution in [-0.4, -0.2) is 35.3 Å². The van der Waals surface area contributed by atoms with Gasteiger partial charge in [0.05, 0.1) is 24.0 Å². The topological polar surface area (TPSA) is 77.2 Å². The van der Waals surface area contributed by atoms with Gasteiger partial charge in [-0.2, -0.15) is 0 Å². The van der Waals surface area contributed by atoms with E-state index in [9.17, 15) is 4.79 Å². The molecular weight excluding hydrogens is 362 g/mol. The van der Waals surface area contributed by atoms with Crippen LogP contribution in [-0.2, 0) is 10.5 Å². The molecule has 0 spiro atoms. The van der Waals surface area contributed by atoms with Crippen molar-refractivity contribution in [3.63, 3.8) is 0 Å². The summed E-state index contributed by atoms with van der Waals surface area (Å²) in [6, 6.07) is 5.46. The van der Waals surface area contributed by atoms with Gasteiger partial charge in [0.1, 0.15) is 10.8 Å². The second-order valence-corrected chi connectivity index (χ2v) is 7.96. The molecule has 2 unspecified atom stereocenters. The molecule has 1 aliphatic rings. The maximum atomic E-state index is 12.5. The lowest BCUT2D eigenvalue weighted by Crippen LogP contribution is -2.32. The molecule has 0 bridgehead atoms. The normalized spacial score (nSPS) is 19.8. The minimum absolute atomic E-state index is 0.123.